The molecule has 0 saturated heterocycles. The van der Waals surface area contributed by atoms with E-state index < -0.39 is 0 Å². The molecule has 3 rings (SSSR count). The van der Waals surface area contributed by atoms with Gasteiger partial charge in [-0.3, -0.25) is 4.79 Å². The average Bonchev–Trinajstić information content (AvgIpc) is 3.17. The van der Waals surface area contributed by atoms with Crippen LogP contribution >= 0.6 is 0 Å². The summed E-state index contributed by atoms with van der Waals surface area (Å²) in [5.41, 5.74) is 6.92. The van der Waals surface area contributed by atoms with Gasteiger partial charge in [0.25, 0.3) is 0 Å². The maximum atomic E-state index is 12.7. The van der Waals surface area contributed by atoms with Gasteiger partial charge < -0.3 is 15.7 Å². The van der Waals surface area contributed by atoms with Crippen LogP contribution in [0.25, 0.3) is 0 Å². The number of aromatic hydroxyl groups is 1. The van der Waals surface area contributed by atoms with Crippen LogP contribution in [0.1, 0.15) is 37.7 Å². The summed E-state index contributed by atoms with van der Waals surface area (Å²) in [7, 11) is 0. The summed E-state index contributed by atoms with van der Waals surface area (Å²) in [5.74, 6) is 0.611. The number of nitrogens with zero attached hydrogens (tertiary/aromatic N) is 1. The number of carbonyl (C=O) groups is 1. The fourth-order valence-corrected chi connectivity index (χ4v) is 3.10. The molecule has 0 radical (unpaired) electrons. The van der Waals surface area contributed by atoms with Crippen molar-refractivity contribution < 1.29 is 9.90 Å². The molecule has 2 saturated carbocycles. The second kappa shape index (κ2) is 5.44. The number of benzene rings is 1. The Morgan fingerprint density at radius 1 is 1.30 bits per heavy atom. The monoisotopic (exact) mass is 274 g/mol. The molecule has 108 valence electrons. The molecule has 0 aromatic heterocycles. The van der Waals surface area contributed by atoms with Gasteiger partial charge >= 0.3 is 0 Å². The van der Waals surface area contributed by atoms with Crippen LogP contribution in [0.5, 0.6) is 5.75 Å². The van der Waals surface area contributed by atoms with Crippen molar-refractivity contribution >= 4 is 5.91 Å². The maximum Gasteiger partial charge on any atom is 0.226 e. The number of nitrogens with two attached hydrogens (primary N) is 1. The van der Waals surface area contributed by atoms with Crippen LogP contribution in [0, 0.1) is 5.92 Å². The Morgan fingerprint density at radius 2 is 2.10 bits per heavy atom. The lowest BCUT2D eigenvalue weighted by molar-refractivity contribution is -0.136. The van der Waals surface area contributed by atoms with E-state index in [9.17, 15) is 9.90 Å². The zero-order chi connectivity index (χ0) is 14.1. The fraction of sp³-hybridized carbons (Fsp3) is 0.562. The molecule has 20 heavy (non-hydrogen) atoms. The van der Waals surface area contributed by atoms with Gasteiger partial charge in [0, 0.05) is 24.5 Å². The summed E-state index contributed by atoms with van der Waals surface area (Å²) in [6, 6.07) is 7.76. The topological polar surface area (TPSA) is 66.6 Å². The second-order valence-corrected chi connectivity index (χ2v) is 6.14. The summed E-state index contributed by atoms with van der Waals surface area (Å²) >= 11 is 0. The van der Waals surface area contributed by atoms with Gasteiger partial charge in [-0.05, 0) is 49.8 Å². The lowest BCUT2D eigenvalue weighted by Gasteiger charge is -2.26. The molecule has 0 aliphatic heterocycles. The zero-order valence-electron chi connectivity index (χ0n) is 11.7. The number of rotatable bonds is 4. The molecule has 4 nitrogen and oxygen atoms in total. The first-order valence-electron chi connectivity index (χ1n) is 7.47. The third-order valence-electron chi connectivity index (χ3n) is 4.36. The number of hydrogen-bond donors (Lipinski definition) is 2. The Kier molecular flexibility index (Phi) is 3.66. The molecule has 2 aliphatic rings. The minimum absolute atomic E-state index is 0.0999. The van der Waals surface area contributed by atoms with E-state index >= 15 is 0 Å². The van der Waals surface area contributed by atoms with Crippen LogP contribution in [0.4, 0.5) is 0 Å². The number of hydrogen-bond acceptors (Lipinski definition) is 3. The van der Waals surface area contributed by atoms with E-state index in [1.165, 1.54) is 0 Å². The van der Waals surface area contributed by atoms with Gasteiger partial charge in [-0.15, -0.1) is 0 Å². The minimum Gasteiger partial charge on any atom is -0.508 e. The van der Waals surface area contributed by atoms with Crippen molar-refractivity contribution in [1.82, 2.24) is 4.90 Å². The first-order valence-corrected chi connectivity index (χ1v) is 7.47. The number of carbonyl (C=O) groups excluding carboxylic acids is 1. The van der Waals surface area contributed by atoms with Gasteiger partial charge in [0.05, 0.1) is 0 Å². The van der Waals surface area contributed by atoms with Crippen molar-refractivity contribution in [2.75, 3.05) is 0 Å². The molecule has 2 aliphatic carbocycles. The molecule has 1 amide bonds. The molecule has 0 unspecified atom stereocenters. The summed E-state index contributed by atoms with van der Waals surface area (Å²) in [4.78, 5) is 14.7. The summed E-state index contributed by atoms with van der Waals surface area (Å²) in [6.07, 6.45) is 4.90. The minimum atomic E-state index is 0.0999. The molecule has 3 N–H and O–H groups in total. The van der Waals surface area contributed by atoms with E-state index in [1.54, 1.807) is 12.1 Å². The average molecular weight is 274 g/mol. The highest BCUT2D eigenvalue weighted by Crippen LogP contribution is 2.34. The number of phenols is 1. The first-order chi connectivity index (χ1) is 9.63. The van der Waals surface area contributed by atoms with Crippen LogP contribution in [-0.4, -0.2) is 28.0 Å². The van der Waals surface area contributed by atoms with Crippen LogP contribution in [0.15, 0.2) is 24.3 Å². The van der Waals surface area contributed by atoms with Gasteiger partial charge in [-0.2, -0.15) is 0 Å². The largest absolute Gasteiger partial charge is 0.508 e. The third-order valence-corrected chi connectivity index (χ3v) is 4.36. The Bertz CT molecular complexity index is 499. The van der Waals surface area contributed by atoms with Gasteiger partial charge in [-0.25, -0.2) is 0 Å². The molecule has 1 aromatic carbocycles. The molecular weight excluding hydrogens is 252 g/mol. The standard InChI is InChI=1S/C16H22N2O2/c17-13-5-4-12(9-13)16(20)18(14-6-7-14)10-11-2-1-3-15(19)8-11/h1-3,8,12-14,19H,4-7,9-10,17H2/t12-,13+/m0/s1. The third kappa shape index (κ3) is 2.96. The summed E-state index contributed by atoms with van der Waals surface area (Å²) in [5, 5.41) is 9.55. The van der Waals surface area contributed by atoms with Crippen molar-refractivity contribution in [3.63, 3.8) is 0 Å². The van der Waals surface area contributed by atoms with E-state index in [2.05, 4.69) is 0 Å². The predicted octanol–water partition coefficient (Wildman–Crippen LogP) is 2.01. The summed E-state index contributed by atoms with van der Waals surface area (Å²) < 4.78 is 0. The Hall–Kier alpha value is -1.55. The van der Waals surface area contributed by atoms with E-state index in [4.69, 9.17) is 5.73 Å². The lowest BCUT2D eigenvalue weighted by Crippen LogP contribution is -2.37. The van der Waals surface area contributed by atoms with Gasteiger partial charge in [0.2, 0.25) is 5.91 Å². The molecular formula is C16H22N2O2. The summed E-state index contributed by atoms with van der Waals surface area (Å²) in [6.45, 7) is 0.601. The predicted molar refractivity (Wildman–Crippen MR) is 77.0 cm³/mol. The van der Waals surface area contributed by atoms with Gasteiger partial charge in [-0.1, -0.05) is 12.1 Å². The second-order valence-electron chi connectivity index (χ2n) is 6.14. The van der Waals surface area contributed by atoms with Crippen LogP contribution < -0.4 is 5.73 Å². The molecule has 4 heteroatoms. The lowest BCUT2D eigenvalue weighted by atomic mass is 10.1. The van der Waals surface area contributed by atoms with Gasteiger partial charge in [0.1, 0.15) is 5.75 Å². The molecule has 0 heterocycles. The van der Waals surface area contributed by atoms with Crippen LogP contribution in [0.3, 0.4) is 0 Å². The highest BCUT2D eigenvalue weighted by molar-refractivity contribution is 5.80. The molecule has 0 spiro atoms. The maximum absolute atomic E-state index is 12.7. The van der Waals surface area contributed by atoms with Crippen molar-refractivity contribution in [3.05, 3.63) is 29.8 Å². The normalized spacial score (nSPS) is 25.6. The Balaban J connectivity index is 1.71. The van der Waals surface area contributed by atoms with E-state index in [-0.39, 0.29) is 23.6 Å². The molecule has 0 bridgehead atoms. The highest BCUT2D eigenvalue weighted by Gasteiger charge is 2.38. The first kappa shape index (κ1) is 13.4. The molecule has 1 aromatic rings. The van der Waals surface area contributed by atoms with E-state index in [1.807, 2.05) is 17.0 Å². The SMILES string of the molecule is N[C@@H]1CC[C@H](C(=O)N(Cc2cccc(O)c2)C2CC2)C1. The number of amides is 1. The molecule has 2 fully saturated rings. The number of phenolic OH excluding ortho intramolecular Hbond substituents is 1. The smallest absolute Gasteiger partial charge is 0.226 e. The van der Waals surface area contributed by atoms with Gasteiger partial charge in [0.15, 0.2) is 0 Å². The highest BCUT2D eigenvalue weighted by atomic mass is 16.3. The quantitative estimate of drug-likeness (QED) is 0.882. The van der Waals surface area contributed by atoms with Crippen molar-refractivity contribution in [2.24, 2.45) is 11.7 Å². The fourth-order valence-electron chi connectivity index (χ4n) is 3.10. The van der Waals surface area contributed by atoms with Crippen molar-refractivity contribution in [2.45, 2.75) is 50.7 Å². The van der Waals surface area contributed by atoms with E-state index in [0.29, 0.717) is 12.6 Å². The van der Waals surface area contributed by atoms with E-state index in [0.717, 1.165) is 37.7 Å². The van der Waals surface area contributed by atoms with Crippen molar-refractivity contribution in [3.8, 4) is 5.75 Å². The van der Waals surface area contributed by atoms with Crippen LogP contribution in [-0.2, 0) is 11.3 Å². The van der Waals surface area contributed by atoms with Crippen LogP contribution in [0.2, 0.25) is 0 Å². The molecule has 2 atom stereocenters. The van der Waals surface area contributed by atoms with Crippen molar-refractivity contribution in [1.29, 1.82) is 0 Å². The zero-order valence-corrected chi connectivity index (χ0v) is 11.7. The Labute approximate surface area is 119 Å². The Morgan fingerprint density at radius 3 is 2.70 bits per heavy atom.